The Morgan fingerprint density at radius 3 is 1.70 bits per heavy atom. The van der Waals surface area contributed by atoms with E-state index in [1.807, 2.05) is 0 Å². The maximum Gasteiger partial charge on any atom is 0.438 e. The van der Waals surface area contributed by atoms with Gasteiger partial charge in [-0.2, -0.15) is 4.89 Å². The van der Waals surface area contributed by atoms with Crippen molar-refractivity contribution in [1.29, 1.82) is 0 Å². The predicted molar refractivity (Wildman–Crippen MR) is 82.6 cm³/mol. The molecule has 0 saturated heterocycles. The lowest BCUT2D eigenvalue weighted by Crippen LogP contribution is -2.24. The van der Waals surface area contributed by atoms with E-state index in [1.54, 1.807) is 0 Å². The molecule has 0 radical (unpaired) electrons. The zero-order valence-electron chi connectivity index (χ0n) is 13.4. The maximum atomic E-state index is 10.9. The molecular weight excluding hydrogens is 254 g/mol. The topological polar surface area (TPSA) is 47.6 Å². The van der Waals surface area contributed by atoms with Gasteiger partial charge in [0.15, 0.2) is 0 Å². The van der Waals surface area contributed by atoms with Crippen LogP contribution in [0.3, 0.4) is 0 Å². The molecule has 0 unspecified atom stereocenters. The van der Waals surface area contributed by atoms with Crippen LogP contribution in [-0.4, -0.2) is 19.7 Å². The number of carbonyl (C=O) groups excluding carboxylic acids is 1. The van der Waals surface area contributed by atoms with Gasteiger partial charge >= 0.3 is 6.09 Å². The first kappa shape index (κ1) is 19.2. The fraction of sp³-hybridized carbons (Fsp3) is 0.938. The highest BCUT2D eigenvalue weighted by Gasteiger charge is 1.99. The Morgan fingerprint density at radius 2 is 1.25 bits per heavy atom. The molecule has 0 fully saturated rings. The first-order chi connectivity index (χ1) is 9.81. The number of hydrogen-bond acceptors (Lipinski definition) is 3. The Balaban J connectivity index is 3.01. The molecule has 0 bridgehead atoms. The molecule has 4 nitrogen and oxygen atoms in total. The standard InChI is InChI=1S/C16H33NO3/c1-3-4-5-6-7-8-9-10-11-12-13-14-15-17-16(18)20-19-2/h3-15H2,1-2H3,(H,17,18). The van der Waals surface area contributed by atoms with E-state index in [-0.39, 0.29) is 0 Å². The van der Waals surface area contributed by atoms with Crippen LogP contribution in [0.2, 0.25) is 0 Å². The summed E-state index contributed by atoms with van der Waals surface area (Å²) >= 11 is 0. The third kappa shape index (κ3) is 15.3. The lowest BCUT2D eigenvalue weighted by molar-refractivity contribution is -0.212. The van der Waals surface area contributed by atoms with Gasteiger partial charge in [0.1, 0.15) is 0 Å². The first-order valence-corrected chi connectivity index (χ1v) is 8.29. The van der Waals surface area contributed by atoms with Crippen LogP contribution in [0, 0.1) is 0 Å². The fourth-order valence-electron chi connectivity index (χ4n) is 2.26. The van der Waals surface area contributed by atoms with Crippen molar-refractivity contribution in [2.24, 2.45) is 0 Å². The van der Waals surface area contributed by atoms with Crippen LogP contribution in [0.25, 0.3) is 0 Å². The Bertz CT molecular complexity index is 210. The molecule has 0 atom stereocenters. The summed E-state index contributed by atoms with van der Waals surface area (Å²) in [7, 11) is 1.32. The van der Waals surface area contributed by atoms with Gasteiger partial charge in [-0.3, -0.25) is 4.89 Å². The second kappa shape index (κ2) is 16.3. The summed E-state index contributed by atoms with van der Waals surface area (Å²) in [6, 6.07) is 0. The molecule has 0 aliphatic carbocycles. The van der Waals surface area contributed by atoms with Crippen LogP contribution in [0.15, 0.2) is 0 Å². The van der Waals surface area contributed by atoms with Crippen molar-refractivity contribution >= 4 is 6.09 Å². The van der Waals surface area contributed by atoms with Crippen molar-refractivity contribution in [3.05, 3.63) is 0 Å². The highest BCUT2D eigenvalue weighted by molar-refractivity contribution is 5.66. The van der Waals surface area contributed by atoms with Gasteiger partial charge < -0.3 is 5.32 Å². The normalized spacial score (nSPS) is 10.5. The van der Waals surface area contributed by atoms with E-state index in [9.17, 15) is 4.79 Å². The van der Waals surface area contributed by atoms with Crippen molar-refractivity contribution in [1.82, 2.24) is 5.32 Å². The Morgan fingerprint density at radius 1 is 0.800 bits per heavy atom. The smallest absolute Gasteiger partial charge is 0.319 e. The highest BCUT2D eigenvalue weighted by Crippen LogP contribution is 2.11. The molecular formula is C16H33NO3. The van der Waals surface area contributed by atoms with Crippen LogP contribution in [0.5, 0.6) is 0 Å². The van der Waals surface area contributed by atoms with E-state index < -0.39 is 6.09 Å². The minimum Gasteiger partial charge on any atom is -0.319 e. The Labute approximate surface area is 124 Å². The molecule has 0 aliphatic heterocycles. The summed E-state index contributed by atoms with van der Waals surface area (Å²) in [4.78, 5) is 19.4. The van der Waals surface area contributed by atoms with Gasteiger partial charge in [-0.05, 0) is 6.42 Å². The molecule has 1 N–H and O–H groups in total. The van der Waals surface area contributed by atoms with Crippen molar-refractivity contribution < 1.29 is 14.6 Å². The van der Waals surface area contributed by atoms with Crippen molar-refractivity contribution in [2.75, 3.05) is 13.7 Å². The summed E-state index contributed by atoms with van der Waals surface area (Å²) in [5.74, 6) is 0. The fourth-order valence-corrected chi connectivity index (χ4v) is 2.26. The van der Waals surface area contributed by atoms with Crippen LogP contribution < -0.4 is 5.32 Å². The van der Waals surface area contributed by atoms with E-state index in [4.69, 9.17) is 0 Å². The SMILES string of the molecule is CCCCCCCCCCCCCCNC(=O)OOC. The molecule has 0 spiro atoms. The van der Waals surface area contributed by atoms with Crippen molar-refractivity contribution in [2.45, 2.75) is 84.0 Å². The molecule has 120 valence electrons. The second-order valence-corrected chi connectivity index (χ2v) is 5.35. The van der Waals surface area contributed by atoms with E-state index in [2.05, 4.69) is 22.0 Å². The van der Waals surface area contributed by atoms with Gasteiger partial charge in [-0.25, -0.2) is 4.79 Å². The number of nitrogens with one attached hydrogen (secondary N) is 1. The molecule has 0 heterocycles. The zero-order chi connectivity index (χ0) is 14.9. The number of hydrogen-bond donors (Lipinski definition) is 1. The van der Waals surface area contributed by atoms with Gasteiger partial charge in [0.05, 0.1) is 7.11 Å². The van der Waals surface area contributed by atoms with Crippen molar-refractivity contribution in [3.8, 4) is 0 Å². The quantitative estimate of drug-likeness (QED) is 0.278. The van der Waals surface area contributed by atoms with Gasteiger partial charge in [-0.15, -0.1) is 0 Å². The Hall–Kier alpha value is -0.770. The maximum absolute atomic E-state index is 10.9. The van der Waals surface area contributed by atoms with E-state index in [1.165, 1.54) is 77.7 Å². The van der Waals surface area contributed by atoms with E-state index in [0.717, 1.165) is 6.42 Å². The first-order valence-electron chi connectivity index (χ1n) is 8.29. The number of unbranched alkanes of at least 4 members (excludes halogenated alkanes) is 11. The monoisotopic (exact) mass is 287 g/mol. The van der Waals surface area contributed by atoms with Crippen LogP contribution >= 0.6 is 0 Å². The van der Waals surface area contributed by atoms with Gasteiger partial charge in [0.2, 0.25) is 0 Å². The summed E-state index contributed by atoms with van der Waals surface area (Å²) in [6.45, 7) is 2.93. The largest absolute Gasteiger partial charge is 0.438 e. The summed E-state index contributed by atoms with van der Waals surface area (Å²) in [6.07, 6.45) is 15.3. The van der Waals surface area contributed by atoms with Crippen LogP contribution in [0.1, 0.15) is 84.0 Å². The second-order valence-electron chi connectivity index (χ2n) is 5.35. The summed E-state index contributed by atoms with van der Waals surface area (Å²) in [5, 5.41) is 2.63. The van der Waals surface area contributed by atoms with Crippen LogP contribution in [0.4, 0.5) is 4.79 Å². The lowest BCUT2D eigenvalue weighted by atomic mass is 10.1. The Kier molecular flexibility index (Phi) is 15.7. The molecule has 0 rings (SSSR count). The number of amides is 1. The third-order valence-electron chi connectivity index (χ3n) is 3.46. The number of rotatable bonds is 14. The minimum absolute atomic E-state index is 0.504. The lowest BCUT2D eigenvalue weighted by Gasteiger charge is -2.04. The molecule has 1 amide bonds. The van der Waals surface area contributed by atoms with Gasteiger partial charge in [-0.1, -0.05) is 77.6 Å². The molecule has 0 aromatic carbocycles. The van der Waals surface area contributed by atoms with Gasteiger partial charge in [0.25, 0.3) is 0 Å². The molecule has 0 saturated carbocycles. The predicted octanol–water partition coefficient (Wildman–Crippen LogP) is 4.98. The summed E-state index contributed by atoms with van der Waals surface area (Å²) in [5.41, 5.74) is 0. The number of carbonyl (C=O) groups is 1. The molecule has 4 heteroatoms. The van der Waals surface area contributed by atoms with Gasteiger partial charge in [0, 0.05) is 6.54 Å². The molecule has 20 heavy (non-hydrogen) atoms. The third-order valence-corrected chi connectivity index (χ3v) is 3.46. The van der Waals surface area contributed by atoms with Crippen LogP contribution in [-0.2, 0) is 9.78 Å². The molecule has 0 aliphatic rings. The molecule has 0 aromatic heterocycles. The average Bonchev–Trinajstić information content (AvgIpc) is 2.44. The van der Waals surface area contributed by atoms with E-state index >= 15 is 0 Å². The minimum atomic E-state index is -0.504. The summed E-state index contributed by atoms with van der Waals surface area (Å²) < 4.78 is 0. The highest BCUT2D eigenvalue weighted by atomic mass is 17.2. The zero-order valence-corrected chi connectivity index (χ0v) is 13.4. The van der Waals surface area contributed by atoms with E-state index in [0.29, 0.717) is 6.54 Å². The van der Waals surface area contributed by atoms with Crippen molar-refractivity contribution in [3.63, 3.8) is 0 Å². The molecule has 0 aromatic rings. The average molecular weight is 287 g/mol.